The first-order chi connectivity index (χ1) is 13.0. The van der Waals surface area contributed by atoms with Crippen LogP contribution in [0.1, 0.15) is 42.2 Å². The number of ether oxygens (including phenoxy) is 1. The summed E-state index contributed by atoms with van der Waals surface area (Å²) in [4.78, 5) is 13.5. The van der Waals surface area contributed by atoms with Crippen molar-refractivity contribution in [3.63, 3.8) is 0 Å². The second-order valence-corrected chi connectivity index (χ2v) is 9.91. The molecule has 0 bridgehead atoms. The average molecular weight is 408 g/mol. The van der Waals surface area contributed by atoms with E-state index >= 15 is 0 Å². The topological polar surface area (TPSA) is 72.5 Å². The highest BCUT2D eigenvalue weighted by atomic mass is 32.2. The first kappa shape index (κ1) is 19.9. The van der Waals surface area contributed by atoms with Crippen LogP contribution in [0.15, 0.2) is 46.7 Å². The molecule has 1 N–H and O–H groups in total. The van der Waals surface area contributed by atoms with Gasteiger partial charge in [-0.2, -0.15) is 0 Å². The van der Waals surface area contributed by atoms with Crippen molar-refractivity contribution >= 4 is 27.1 Å². The molecule has 5 nitrogen and oxygen atoms in total. The highest BCUT2D eigenvalue weighted by Crippen LogP contribution is 2.32. The third kappa shape index (κ3) is 4.71. The molecular formula is C20H25NO4S2. The summed E-state index contributed by atoms with van der Waals surface area (Å²) >= 11 is 1.39. The van der Waals surface area contributed by atoms with Gasteiger partial charge in [0.1, 0.15) is 11.0 Å². The van der Waals surface area contributed by atoms with Crippen molar-refractivity contribution in [2.24, 2.45) is 5.92 Å². The number of nitrogens with one attached hydrogen (secondary N) is 1. The maximum absolute atomic E-state index is 13.2. The van der Waals surface area contributed by atoms with E-state index in [9.17, 15) is 13.2 Å². The van der Waals surface area contributed by atoms with Crippen molar-refractivity contribution in [3.8, 4) is 5.75 Å². The van der Waals surface area contributed by atoms with E-state index < -0.39 is 15.1 Å². The summed E-state index contributed by atoms with van der Waals surface area (Å²) in [5, 5.41) is 3.97. The number of carbonyl (C=O) groups is 1. The van der Waals surface area contributed by atoms with Crippen molar-refractivity contribution in [2.45, 2.75) is 42.2 Å². The van der Waals surface area contributed by atoms with Crippen LogP contribution in [-0.2, 0) is 14.6 Å². The fourth-order valence-corrected chi connectivity index (χ4v) is 6.25. The number of rotatable bonds is 7. The van der Waals surface area contributed by atoms with Gasteiger partial charge >= 0.3 is 0 Å². The lowest BCUT2D eigenvalue weighted by Crippen LogP contribution is -2.36. The molecule has 1 aromatic heterocycles. The Balaban J connectivity index is 1.79. The smallest absolute Gasteiger partial charge is 0.223 e. The molecule has 27 heavy (non-hydrogen) atoms. The van der Waals surface area contributed by atoms with Gasteiger partial charge in [-0.1, -0.05) is 25.3 Å². The fraction of sp³-hybridized carbons (Fsp3) is 0.450. The molecule has 1 aromatic carbocycles. The Morgan fingerprint density at radius 2 is 1.89 bits per heavy atom. The van der Waals surface area contributed by atoms with Gasteiger partial charge in [-0.05, 0) is 48.6 Å². The number of amides is 1. The molecule has 0 spiro atoms. The maximum Gasteiger partial charge on any atom is 0.223 e. The fourth-order valence-electron chi connectivity index (χ4n) is 3.47. The normalized spacial score (nSPS) is 16.6. The molecule has 7 heteroatoms. The zero-order chi connectivity index (χ0) is 19.3. The minimum Gasteiger partial charge on any atom is -0.497 e. The van der Waals surface area contributed by atoms with E-state index in [-0.39, 0.29) is 23.3 Å². The largest absolute Gasteiger partial charge is 0.497 e. The molecule has 2 aromatic rings. The molecule has 3 rings (SSSR count). The van der Waals surface area contributed by atoms with Crippen LogP contribution in [0.25, 0.3) is 0 Å². The molecule has 1 saturated carbocycles. The second kappa shape index (κ2) is 8.89. The quantitative estimate of drug-likeness (QED) is 0.754. The first-order valence-corrected chi connectivity index (χ1v) is 11.6. The predicted molar refractivity (Wildman–Crippen MR) is 107 cm³/mol. The number of methoxy groups -OCH3 is 1. The van der Waals surface area contributed by atoms with Crippen molar-refractivity contribution < 1.29 is 17.9 Å². The van der Waals surface area contributed by atoms with Gasteiger partial charge in [-0.15, -0.1) is 11.3 Å². The van der Waals surface area contributed by atoms with Crippen molar-refractivity contribution in [1.82, 2.24) is 5.32 Å². The lowest BCUT2D eigenvalue weighted by Gasteiger charge is -2.23. The molecule has 1 aliphatic rings. The van der Waals surface area contributed by atoms with Gasteiger partial charge < -0.3 is 10.1 Å². The van der Waals surface area contributed by atoms with Gasteiger partial charge in [0.25, 0.3) is 0 Å². The van der Waals surface area contributed by atoms with Crippen molar-refractivity contribution in [2.75, 3.05) is 13.7 Å². The van der Waals surface area contributed by atoms with E-state index in [4.69, 9.17) is 4.74 Å². The number of sulfone groups is 1. The van der Waals surface area contributed by atoms with E-state index in [1.54, 1.807) is 31.4 Å². The molecule has 1 amide bonds. The maximum atomic E-state index is 13.2. The summed E-state index contributed by atoms with van der Waals surface area (Å²) < 4.78 is 31.6. The molecule has 0 aliphatic heterocycles. The van der Waals surface area contributed by atoms with Gasteiger partial charge in [0.15, 0.2) is 9.84 Å². The van der Waals surface area contributed by atoms with Crippen molar-refractivity contribution in [3.05, 3.63) is 46.7 Å². The van der Waals surface area contributed by atoms with Crippen LogP contribution in [0.5, 0.6) is 5.75 Å². The SMILES string of the molecule is COc1ccc(S(=O)(=O)[C@@H](CNC(=O)C2CCCCC2)c2cccs2)cc1. The van der Waals surface area contributed by atoms with Gasteiger partial charge in [0, 0.05) is 17.3 Å². The predicted octanol–water partition coefficient (Wildman–Crippen LogP) is 3.97. The Bertz CT molecular complexity index is 839. The molecular weight excluding hydrogens is 382 g/mol. The average Bonchev–Trinajstić information content (AvgIpc) is 3.23. The van der Waals surface area contributed by atoms with Crippen LogP contribution < -0.4 is 10.1 Å². The summed E-state index contributed by atoms with van der Waals surface area (Å²) in [5.74, 6) is 0.583. The zero-order valence-corrected chi connectivity index (χ0v) is 17.0. The van der Waals surface area contributed by atoms with E-state index in [0.29, 0.717) is 5.75 Å². The Labute approximate surface area is 164 Å². The molecule has 1 fully saturated rings. The second-order valence-electron chi connectivity index (χ2n) is 6.80. The van der Waals surface area contributed by atoms with Gasteiger partial charge in [0.05, 0.1) is 12.0 Å². The number of hydrogen-bond donors (Lipinski definition) is 1. The highest BCUT2D eigenvalue weighted by molar-refractivity contribution is 7.91. The lowest BCUT2D eigenvalue weighted by molar-refractivity contribution is -0.125. The third-order valence-corrected chi connectivity index (χ3v) is 8.29. The van der Waals surface area contributed by atoms with Crippen molar-refractivity contribution in [1.29, 1.82) is 0 Å². The third-order valence-electron chi connectivity index (χ3n) is 5.06. The van der Waals surface area contributed by atoms with E-state index in [1.807, 2.05) is 17.5 Å². The summed E-state index contributed by atoms with van der Waals surface area (Å²) in [5.41, 5.74) is 0. The highest BCUT2D eigenvalue weighted by Gasteiger charge is 2.31. The minimum atomic E-state index is -3.64. The number of carbonyl (C=O) groups excluding carboxylic acids is 1. The Morgan fingerprint density at radius 1 is 1.19 bits per heavy atom. The van der Waals surface area contributed by atoms with Crippen LogP contribution in [0.2, 0.25) is 0 Å². The number of thiophene rings is 1. The van der Waals surface area contributed by atoms with E-state index in [2.05, 4.69) is 5.32 Å². The van der Waals surface area contributed by atoms with Gasteiger partial charge in [-0.25, -0.2) is 8.42 Å². The van der Waals surface area contributed by atoms with Crippen LogP contribution in [0.3, 0.4) is 0 Å². The number of hydrogen-bond acceptors (Lipinski definition) is 5. The molecule has 0 radical (unpaired) electrons. The van der Waals surface area contributed by atoms with Gasteiger partial charge in [-0.3, -0.25) is 4.79 Å². The van der Waals surface area contributed by atoms with Gasteiger partial charge in [0.2, 0.25) is 5.91 Å². The standard InChI is InChI=1S/C20H25NO4S2/c1-25-16-9-11-17(12-10-16)27(23,24)19(18-8-5-13-26-18)14-21-20(22)15-6-3-2-4-7-15/h5,8-13,15,19H,2-4,6-7,14H2,1H3,(H,21,22)/t19-/m0/s1. The Kier molecular flexibility index (Phi) is 6.55. The number of benzene rings is 1. The molecule has 1 aliphatic carbocycles. The monoisotopic (exact) mass is 407 g/mol. The summed E-state index contributed by atoms with van der Waals surface area (Å²) in [7, 11) is -2.09. The molecule has 146 valence electrons. The summed E-state index contributed by atoms with van der Waals surface area (Å²) in [6.45, 7) is 0.0875. The van der Waals surface area contributed by atoms with Crippen LogP contribution in [-0.4, -0.2) is 28.0 Å². The van der Waals surface area contributed by atoms with Crippen LogP contribution in [0.4, 0.5) is 0 Å². The lowest BCUT2D eigenvalue weighted by atomic mass is 9.89. The zero-order valence-electron chi connectivity index (χ0n) is 15.4. The molecule has 1 atom stereocenters. The molecule has 0 unspecified atom stereocenters. The Hall–Kier alpha value is -1.86. The molecule has 1 heterocycles. The first-order valence-electron chi connectivity index (χ1n) is 9.21. The van der Waals surface area contributed by atoms with Crippen LogP contribution in [0, 0.1) is 5.92 Å². The molecule has 0 saturated heterocycles. The Morgan fingerprint density at radius 3 is 2.48 bits per heavy atom. The van der Waals surface area contributed by atoms with E-state index in [1.165, 1.54) is 17.8 Å². The van der Waals surface area contributed by atoms with E-state index in [0.717, 1.165) is 30.6 Å². The van der Waals surface area contributed by atoms with Crippen LogP contribution >= 0.6 is 11.3 Å². The summed E-state index contributed by atoms with van der Waals surface area (Å²) in [6.07, 6.45) is 5.09. The summed E-state index contributed by atoms with van der Waals surface area (Å²) in [6, 6.07) is 10.0. The minimum absolute atomic E-state index is 0.00595.